The first-order chi connectivity index (χ1) is 9.25. The molecule has 1 amide bonds. The van der Waals surface area contributed by atoms with Crippen LogP contribution in [0, 0.1) is 0 Å². The van der Waals surface area contributed by atoms with E-state index in [2.05, 4.69) is 11.1 Å². The Hall–Kier alpha value is -1.87. The lowest BCUT2D eigenvalue weighted by Gasteiger charge is -2.23. The first kappa shape index (κ1) is 12.2. The van der Waals surface area contributed by atoms with E-state index >= 15 is 0 Å². The molecule has 0 unspecified atom stereocenters. The molecule has 0 N–H and O–H groups in total. The fraction of sp³-hybridized carbons (Fsp3) is 0.200. The van der Waals surface area contributed by atoms with Crippen molar-refractivity contribution in [3.05, 3.63) is 53.2 Å². The predicted octanol–water partition coefficient (Wildman–Crippen LogP) is 3.29. The van der Waals surface area contributed by atoms with Crippen molar-refractivity contribution in [2.24, 2.45) is 0 Å². The number of para-hydroxylation sites is 1. The Kier molecular flexibility index (Phi) is 3.22. The third kappa shape index (κ3) is 2.34. The van der Waals surface area contributed by atoms with Crippen LogP contribution in [-0.4, -0.2) is 28.9 Å². The fourth-order valence-electron chi connectivity index (χ4n) is 2.23. The van der Waals surface area contributed by atoms with Gasteiger partial charge in [0.05, 0.1) is 10.5 Å². The Balaban J connectivity index is 2.00. The average molecular weight is 273 g/mol. The van der Waals surface area contributed by atoms with E-state index in [9.17, 15) is 4.79 Å². The van der Waals surface area contributed by atoms with Gasteiger partial charge in [-0.25, -0.2) is 4.98 Å². The highest BCUT2D eigenvalue weighted by Crippen LogP contribution is 2.23. The lowest BCUT2D eigenvalue weighted by atomic mass is 10.2. The minimum atomic E-state index is -0.0583. The number of carbonyl (C=O) groups is 1. The van der Waals surface area contributed by atoms with Crippen LogP contribution in [0.2, 0.25) is 5.02 Å². The molecule has 2 aromatic rings. The largest absolute Gasteiger partial charge is 0.333 e. The van der Waals surface area contributed by atoms with Crippen molar-refractivity contribution < 1.29 is 4.79 Å². The van der Waals surface area contributed by atoms with Crippen LogP contribution in [0.15, 0.2) is 42.5 Å². The van der Waals surface area contributed by atoms with Crippen molar-refractivity contribution in [1.82, 2.24) is 9.88 Å². The van der Waals surface area contributed by atoms with Gasteiger partial charge in [0.25, 0.3) is 5.91 Å². The summed E-state index contributed by atoms with van der Waals surface area (Å²) in [5.74, 6) is -0.0583. The second-order valence-corrected chi connectivity index (χ2v) is 4.92. The number of nitrogens with zero attached hydrogens (tertiary/aromatic N) is 2. The van der Waals surface area contributed by atoms with E-state index in [1.54, 1.807) is 11.0 Å². The third-order valence-corrected chi connectivity index (χ3v) is 3.54. The minimum Gasteiger partial charge on any atom is -0.333 e. The van der Waals surface area contributed by atoms with E-state index in [4.69, 9.17) is 11.6 Å². The van der Waals surface area contributed by atoms with E-state index < -0.39 is 0 Å². The molecule has 1 aliphatic rings. The van der Waals surface area contributed by atoms with Crippen LogP contribution in [0.5, 0.6) is 0 Å². The van der Waals surface area contributed by atoms with E-state index in [-0.39, 0.29) is 5.91 Å². The number of rotatable bonds is 1. The van der Waals surface area contributed by atoms with Gasteiger partial charge in [0.2, 0.25) is 0 Å². The summed E-state index contributed by atoms with van der Waals surface area (Å²) in [6.45, 7) is 1.38. The Morgan fingerprint density at radius 3 is 2.89 bits per heavy atom. The number of benzene rings is 1. The summed E-state index contributed by atoms with van der Waals surface area (Å²) in [4.78, 5) is 18.6. The number of fused-ring (bicyclic) bond motifs is 1. The Morgan fingerprint density at radius 2 is 2.11 bits per heavy atom. The van der Waals surface area contributed by atoms with E-state index in [1.807, 2.05) is 30.3 Å². The summed E-state index contributed by atoms with van der Waals surface area (Å²) in [5, 5.41) is 1.45. The zero-order chi connectivity index (χ0) is 13.2. The molecule has 0 aliphatic carbocycles. The summed E-state index contributed by atoms with van der Waals surface area (Å²) in [6.07, 6.45) is 4.99. The summed E-state index contributed by atoms with van der Waals surface area (Å²) in [7, 11) is 0. The van der Waals surface area contributed by atoms with Gasteiger partial charge in [-0.15, -0.1) is 0 Å². The first-order valence-electron chi connectivity index (χ1n) is 6.25. The van der Waals surface area contributed by atoms with E-state index in [0.717, 1.165) is 23.9 Å². The summed E-state index contributed by atoms with van der Waals surface area (Å²) >= 11 is 6.22. The van der Waals surface area contributed by atoms with Gasteiger partial charge in [-0.05, 0) is 18.6 Å². The van der Waals surface area contributed by atoms with E-state index in [0.29, 0.717) is 17.3 Å². The number of hydrogen-bond acceptors (Lipinski definition) is 2. The van der Waals surface area contributed by atoms with Gasteiger partial charge in [-0.1, -0.05) is 42.0 Å². The number of amides is 1. The van der Waals surface area contributed by atoms with Gasteiger partial charge >= 0.3 is 0 Å². The molecule has 19 heavy (non-hydrogen) atoms. The van der Waals surface area contributed by atoms with Gasteiger partial charge in [0.15, 0.2) is 0 Å². The van der Waals surface area contributed by atoms with Crippen LogP contribution in [0.3, 0.4) is 0 Å². The molecule has 0 radical (unpaired) electrons. The molecular formula is C15H13ClN2O. The molecule has 0 bridgehead atoms. The van der Waals surface area contributed by atoms with Gasteiger partial charge in [0, 0.05) is 18.5 Å². The summed E-state index contributed by atoms with van der Waals surface area (Å²) in [5.41, 5.74) is 1.17. The second-order valence-electron chi connectivity index (χ2n) is 4.52. The first-order valence-corrected chi connectivity index (χ1v) is 6.63. The van der Waals surface area contributed by atoms with Gasteiger partial charge < -0.3 is 4.90 Å². The molecule has 0 saturated carbocycles. The Labute approximate surface area is 116 Å². The molecule has 2 heterocycles. The van der Waals surface area contributed by atoms with Crippen molar-refractivity contribution >= 4 is 28.4 Å². The number of halogens is 1. The molecule has 4 heteroatoms. The Morgan fingerprint density at radius 1 is 1.26 bits per heavy atom. The topological polar surface area (TPSA) is 33.2 Å². The average Bonchev–Trinajstić information content (AvgIpc) is 2.47. The van der Waals surface area contributed by atoms with Crippen LogP contribution in [0.4, 0.5) is 0 Å². The highest BCUT2D eigenvalue weighted by atomic mass is 35.5. The predicted molar refractivity (Wildman–Crippen MR) is 76.4 cm³/mol. The molecule has 0 saturated heterocycles. The quantitative estimate of drug-likeness (QED) is 0.747. The summed E-state index contributed by atoms with van der Waals surface area (Å²) < 4.78 is 0. The zero-order valence-electron chi connectivity index (χ0n) is 10.3. The van der Waals surface area contributed by atoms with Crippen molar-refractivity contribution in [3.63, 3.8) is 0 Å². The van der Waals surface area contributed by atoms with Crippen LogP contribution in [0.25, 0.3) is 10.9 Å². The van der Waals surface area contributed by atoms with Crippen molar-refractivity contribution in [1.29, 1.82) is 0 Å². The lowest BCUT2D eigenvalue weighted by Crippen LogP contribution is -2.34. The van der Waals surface area contributed by atoms with Crippen LogP contribution in [0.1, 0.15) is 16.9 Å². The molecule has 3 rings (SSSR count). The van der Waals surface area contributed by atoms with Crippen LogP contribution in [-0.2, 0) is 0 Å². The number of hydrogen-bond donors (Lipinski definition) is 0. The summed E-state index contributed by atoms with van der Waals surface area (Å²) in [6, 6.07) is 9.23. The molecule has 0 fully saturated rings. The maximum Gasteiger partial charge on any atom is 0.272 e. The maximum atomic E-state index is 12.4. The standard InChI is InChI=1S/C15H13ClN2O/c16-12-10-14(15(19)18-8-4-1-5-9-18)17-13-7-3-2-6-11(12)13/h1-4,6-7,10H,5,8-9H2. The molecule has 0 atom stereocenters. The molecule has 0 spiro atoms. The smallest absolute Gasteiger partial charge is 0.272 e. The second kappa shape index (κ2) is 5.02. The molecule has 1 aliphatic heterocycles. The monoisotopic (exact) mass is 272 g/mol. The molecule has 1 aromatic heterocycles. The zero-order valence-corrected chi connectivity index (χ0v) is 11.1. The number of pyridine rings is 1. The minimum absolute atomic E-state index is 0.0583. The lowest BCUT2D eigenvalue weighted by molar-refractivity contribution is 0.0765. The molecular weight excluding hydrogens is 260 g/mol. The SMILES string of the molecule is O=C(c1cc(Cl)c2ccccc2n1)N1CC=CCC1. The van der Waals surface area contributed by atoms with Crippen molar-refractivity contribution in [2.75, 3.05) is 13.1 Å². The van der Waals surface area contributed by atoms with E-state index in [1.165, 1.54) is 0 Å². The number of aromatic nitrogens is 1. The van der Waals surface area contributed by atoms with Crippen LogP contribution < -0.4 is 0 Å². The highest BCUT2D eigenvalue weighted by Gasteiger charge is 2.18. The van der Waals surface area contributed by atoms with Gasteiger partial charge in [0.1, 0.15) is 5.69 Å². The molecule has 3 nitrogen and oxygen atoms in total. The maximum absolute atomic E-state index is 12.4. The third-order valence-electron chi connectivity index (χ3n) is 3.23. The fourth-order valence-corrected chi connectivity index (χ4v) is 2.49. The van der Waals surface area contributed by atoms with Gasteiger partial charge in [-0.2, -0.15) is 0 Å². The van der Waals surface area contributed by atoms with Crippen LogP contribution >= 0.6 is 11.6 Å². The normalized spacial score (nSPS) is 14.9. The molecule has 96 valence electrons. The number of carbonyl (C=O) groups excluding carboxylic acids is 1. The van der Waals surface area contributed by atoms with Crippen molar-refractivity contribution in [3.8, 4) is 0 Å². The Bertz CT molecular complexity index is 666. The van der Waals surface area contributed by atoms with Gasteiger partial charge in [-0.3, -0.25) is 4.79 Å². The van der Waals surface area contributed by atoms with Crippen molar-refractivity contribution in [2.45, 2.75) is 6.42 Å². The molecule has 1 aromatic carbocycles. The highest BCUT2D eigenvalue weighted by molar-refractivity contribution is 6.35.